The van der Waals surface area contributed by atoms with Gasteiger partial charge in [0.15, 0.2) is 17.4 Å². The van der Waals surface area contributed by atoms with Crippen LogP contribution in [-0.4, -0.2) is 25.0 Å². The van der Waals surface area contributed by atoms with Crippen LogP contribution in [0.4, 0.5) is 0 Å². The molecular formula is C34H35IrN2O2+. The normalized spacial score (nSPS) is 14.3. The second-order valence-corrected chi connectivity index (χ2v) is 11.2. The topological polar surface area (TPSA) is 51.5 Å². The number of carboxylic acids is 1. The monoisotopic (exact) mass is 696 g/mol. The Morgan fingerprint density at radius 1 is 0.769 bits per heavy atom. The molecule has 0 unspecified atom stereocenters. The predicted molar refractivity (Wildman–Crippen MR) is 157 cm³/mol. The van der Waals surface area contributed by atoms with Gasteiger partial charge in [-0.2, -0.15) is 12.1 Å². The predicted octanol–water partition coefficient (Wildman–Crippen LogP) is 7.75. The van der Waals surface area contributed by atoms with E-state index in [1.54, 1.807) is 0 Å². The number of benzene rings is 4. The first-order chi connectivity index (χ1) is 18.0. The SMILES string of the molecule is CC(O)=[OH+].Cn1[cH+]n(-c2[c-]cc(-c3ccc4c(c3)C(C)(C)c3ccccc3C4(C)C)cc2)c2ccccc21.[Ir]. The summed E-state index contributed by atoms with van der Waals surface area (Å²) in [6.07, 6.45) is 2.12. The molecule has 1 radical (unpaired) electrons. The molecule has 6 rings (SSSR count). The smallest absolute Gasteiger partial charge is 0.339 e. The second kappa shape index (κ2) is 10.6. The first-order valence-electron chi connectivity index (χ1n) is 13.0. The molecule has 0 amide bonds. The maximum Gasteiger partial charge on any atom is 0.477 e. The van der Waals surface area contributed by atoms with Gasteiger partial charge in [-0.25, -0.2) is 9.13 Å². The van der Waals surface area contributed by atoms with Crippen molar-refractivity contribution < 1.29 is 30.0 Å². The van der Waals surface area contributed by atoms with Gasteiger partial charge in [-0.05, 0) is 34.4 Å². The number of imidazole rings is 1. The number of fused-ring (bicyclic) bond motifs is 3. The fourth-order valence-corrected chi connectivity index (χ4v) is 5.85. The molecule has 0 atom stereocenters. The van der Waals surface area contributed by atoms with E-state index >= 15 is 0 Å². The van der Waals surface area contributed by atoms with Crippen molar-refractivity contribution in [2.24, 2.45) is 7.05 Å². The molecule has 0 saturated carbocycles. The molecule has 2 N–H and O–H groups in total. The summed E-state index contributed by atoms with van der Waals surface area (Å²) in [6, 6.07) is 34.5. The summed E-state index contributed by atoms with van der Waals surface area (Å²) in [4.78, 5) is 7.53. The molecular weight excluding hydrogens is 661 g/mol. The Bertz CT molecular complexity index is 1660. The molecule has 0 fully saturated rings. The van der Waals surface area contributed by atoms with Crippen molar-refractivity contribution in [3.8, 4) is 16.8 Å². The van der Waals surface area contributed by atoms with Gasteiger partial charge in [-0.15, -0.1) is 17.7 Å². The van der Waals surface area contributed by atoms with Crippen LogP contribution < -0.4 is 0 Å². The standard InChI is InChI=1S/C32H30N2.C2H4O2.Ir/c1-31(2)25-10-6-7-11-26(25)32(3,4)28-20-23(16-19-27(28)31)22-14-17-24(18-15-22)34-21-33(5)29-12-8-9-13-30(29)34;1-2(3)4;/h6-17,19-21H,1-5H3;1H3,(H,3,4);/p+1. The van der Waals surface area contributed by atoms with Crippen LogP contribution in [0.25, 0.3) is 27.8 Å². The second-order valence-electron chi connectivity index (χ2n) is 11.2. The summed E-state index contributed by atoms with van der Waals surface area (Å²) in [7, 11) is 2.09. The Kier molecular flexibility index (Phi) is 7.71. The van der Waals surface area contributed by atoms with Crippen LogP contribution in [0, 0.1) is 6.07 Å². The van der Waals surface area contributed by atoms with E-state index in [4.69, 9.17) is 9.90 Å². The third-order valence-corrected chi connectivity index (χ3v) is 7.84. The van der Waals surface area contributed by atoms with Crippen LogP contribution in [0.2, 0.25) is 0 Å². The molecule has 0 saturated heterocycles. The van der Waals surface area contributed by atoms with E-state index in [0.717, 1.165) is 5.69 Å². The van der Waals surface area contributed by atoms with Crippen molar-refractivity contribution >= 4 is 17.0 Å². The van der Waals surface area contributed by atoms with Gasteiger partial charge in [0.1, 0.15) is 0 Å². The summed E-state index contributed by atoms with van der Waals surface area (Å²) in [5.74, 6) is -0.583. The summed E-state index contributed by atoms with van der Waals surface area (Å²) in [6.45, 7) is 10.6. The van der Waals surface area contributed by atoms with Gasteiger partial charge in [-0.3, -0.25) is 0 Å². The van der Waals surface area contributed by atoms with Crippen LogP contribution in [-0.2, 0) is 38.0 Å². The van der Waals surface area contributed by atoms with E-state index in [1.807, 2.05) is 0 Å². The van der Waals surface area contributed by atoms with Crippen molar-refractivity contribution in [3.63, 3.8) is 0 Å². The zero-order chi connectivity index (χ0) is 27.2. The molecule has 0 aliphatic heterocycles. The van der Waals surface area contributed by atoms with Gasteiger partial charge in [0.05, 0.1) is 6.92 Å². The molecule has 0 spiro atoms. The number of carboxylic acid groups (broad SMARTS) is 1. The molecule has 4 nitrogen and oxygen atoms in total. The first kappa shape index (κ1) is 28.5. The summed E-state index contributed by atoms with van der Waals surface area (Å²) in [5, 5.41) is 7.53. The summed E-state index contributed by atoms with van der Waals surface area (Å²) >= 11 is 0. The number of aryl methyl sites for hydroxylation is 1. The van der Waals surface area contributed by atoms with Crippen LogP contribution in [0.15, 0.2) is 91.3 Å². The van der Waals surface area contributed by atoms with Crippen molar-refractivity contribution in [3.05, 3.63) is 120 Å². The Morgan fingerprint density at radius 2 is 1.28 bits per heavy atom. The Balaban J connectivity index is 0.000000662. The molecule has 4 aromatic carbocycles. The van der Waals surface area contributed by atoms with E-state index in [1.165, 1.54) is 51.3 Å². The number of hydrogen-bond acceptors (Lipinski definition) is 0. The fraction of sp³-hybridized carbons (Fsp3) is 0.235. The minimum Gasteiger partial charge on any atom is -0.339 e. The van der Waals surface area contributed by atoms with Gasteiger partial charge in [-0.1, -0.05) is 75.7 Å². The molecule has 201 valence electrons. The van der Waals surface area contributed by atoms with Crippen LogP contribution in [0.3, 0.4) is 0 Å². The van der Waals surface area contributed by atoms with Crippen molar-refractivity contribution in [2.45, 2.75) is 45.4 Å². The maximum absolute atomic E-state index is 7.53. The van der Waals surface area contributed by atoms with Crippen LogP contribution in [0.1, 0.15) is 56.9 Å². The Morgan fingerprint density at radius 3 is 1.87 bits per heavy atom. The molecule has 0 bridgehead atoms. The zero-order valence-corrected chi connectivity index (χ0v) is 25.7. The number of aromatic nitrogens is 2. The van der Waals surface area contributed by atoms with Gasteiger partial charge in [0.25, 0.3) is 0 Å². The zero-order valence-electron chi connectivity index (χ0n) is 23.3. The van der Waals surface area contributed by atoms with Crippen molar-refractivity contribution in [1.82, 2.24) is 9.13 Å². The van der Waals surface area contributed by atoms with Crippen molar-refractivity contribution in [1.29, 1.82) is 0 Å². The minimum absolute atomic E-state index is 0. The number of hydrogen-bond donors (Lipinski definition) is 1. The summed E-state index contributed by atoms with van der Waals surface area (Å²) in [5.41, 5.74) is 11.5. The van der Waals surface area contributed by atoms with Crippen LogP contribution >= 0.6 is 0 Å². The molecule has 5 aromatic rings. The number of rotatable bonds is 2. The van der Waals surface area contributed by atoms with Gasteiger partial charge in [0, 0.05) is 55.8 Å². The number of aliphatic carboxylic acids is 1. The minimum atomic E-state index is -0.583. The summed E-state index contributed by atoms with van der Waals surface area (Å²) < 4.78 is 4.36. The van der Waals surface area contributed by atoms with E-state index in [0.29, 0.717) is 0 Å². The molecule has 1 aliphatic rings. The van der Waals surface area contributed by atoms with Gasteiger partial charge in [0.2, 0.25) is 0 Å². The largest absolute Gasteiger partial charge is 0.477 e. The molecule has 1 aliphatic carbocycles. The van der Waals surface area contributed by atoms with E-state index in [-0.39, 0.29) is 30.9 Å². The molecule has 5 heteroatoms. The van der Waals surface area contributed by atoms with Crippen molar-refractivity contribution in [2.75, 3.05) is 0 Å². The first-order valence-corrected chi connectivity index (χ1v) is 13.0. The number of aliphatic hydroxyl groups excluding tert-OH is 1. The third kappa shape index (κ3) is 4.97. The average molecular weight is 696 g/mol. The third-order valence-electron chi connectivity index (χ3n) is 7.84. The van der Waals surface area contributed by atoms with E-state index in [2.05, 4.69) is 141 Å². The van der Waals surface area contributed by atoms with Gasteiger partial charge < -0.3 is 9.90 Å². The van der Waals surface area contributed by atoms with E-state index < -0.39 is 5.97 Å². The fourth-order valence-electron chi connectivity index (χ4n) is 5.85. The molecule has 39 heavy (non-hydrogen) atoms. The molecule has 1 aromatic heterocycles. The van der Waals surface area contributed by atoms with E-state index in [9.17, 15) is 0 Å². The van der Waals surface area contributed by atoms with Crippen LogP contribution in [0.5, 0.6) is 0 Å². The average Bonchev–Trinajstić information content (AvgIpc) is 3.24. The Hall–Kier alpha value is -3.53. The number of nitrogens with zero attached hydrogens (tertiary/aromatic N) is 2. The molecule has 1 heterocycles. The van der Waals surface area contributed by atoms with Gasteiger partial charge >= 0.3 is 5.97 Å². The Labute approximate surface area is 244 Å². The number of para-hydroxylation sites is 2. The quantitative estimate of drug-likeness (QED) is 0.149. The maximum atomic E-state index is 7.53.